The fraction of sp³-hybridized carbons (Fsp3) is 0.800. The SMILES string of the molecule is O=C(O)CC1CCN(C(=O)NCC(F)(F)C(F)F)C1. The number of likely N-dealkylation sites (tertiary alicyclic amines) is 1. The number of carbonyl (C=O) groups excluding carboxylic acids is 1. The summed E-state index contributed by atoms with van der Waals surface area (Å²) in [6.07, 6.45) is -3.51. The third-order valence-corrected chi connectivity index (χ3v) is 2.83. The molecule has 9 heteroatoms. The summed E-state index contributed by atoms with van der Waals surface area (Å²) in [6.45, 7) is -1.09. The van der Waals surface area contributed by atoms with E-state index in [9.17, 15) is 27.2 Å². The smallest absolute Gasteiger partial charge is 0.324 e. The summed E-state index contributed by atoms with van der Waals surface area (Å²) >= 11 is 0. The second-order valence-electron chi connectivity index (χ2n) is 4.42. The number of carbonyl (C=O) groups is 2. The predicted molar refractivity (Wildman–Crippen MR) is 56.3 cm³/mol. The molecule has 1 saturated heterocycles. The number of carboxylic acids is 1. The average Bonchev–Trinajstić information content (AvgIpc) is 2.73. The van der Waals surface area contributed by atoms with E-state index < -0.39 is 30.9 Å². The number of urea groups is 1. The number of hydrogen-bond acceptors (Lipinski definition) is 2. The van der Waals surface area contributed by atoms with Gasteiger partial charge in [-0.1, -0.05) is 0 Å². The van der Waals surface area contributed by atoms with Crippen molar-refractivity contribution in [2.45, 2.75) is 25.2 Å². The van der Waals surface area contributed by atoms with Crippen molar-refractivity contribution in [1.82, 2.24) is 10.2 Å². The fourth-order valence-corrected chi connectivity index (χ4v) is 1.81. The molecular formula is C10H14F4N2O3. The fourth-order valence-electron chi connectivity index (χ4n) is 1.81. The molecule has 2 N–H and O–H groups in total. The number of rotatable bonds is 5. The largest absolute Gasteiger partial charge is 0.481 e. The van der Waals surface area contributed by atoms with Crippen molar-refractivity contribution in [1.29, 1.82) is 0 Å². The van der Waals surface area contributed by atoms with Gasteiger partial charge in [0.05, 0.1) is 6.54 Å². The summed E-state index contributed by atoms with van der Waals surface area (Å²) in [5.41, 5.74) is 0. The number of aliphatic carboxylic acids is 1. The maximum absolute atomic E-state index is 12.6. The maximum Gasteiger partial charge on any atom is 0.324 e. The van der Waals surface area contributed by atoms with Crippen molar-refractivity contribution >= 4 is 12.0 Å². The first-order valence-corrected chi connectivity index (χ1v) is 5.63. The molecule has 1 aliphatic heterocycles. The zero-order valence-corrected chi connectivity index (χ0v) is 9.91. The molecular weight excluding hydrogens is 272 g/mol. The molecule has 1 unspecified atom stereocenters. The van der Waals surface area contributed by atoms with Crippen LogP contribution >= 0.6 is 0 Å². The van der Waals surface area contributed by atoms with Gasteiger partial charge in [0.25, 0.3) is 0 Å². The Kier molecular flexibility index (Phi) is 4.96. The zero-order chi connectivity index (χ0) is 14.6. The number of hydrogen-bond donors (Lipinski definition) is 2. The highest BCUT2D eigenvalue weighted by molar-refractivity contribution is 5.74. The summed E-state index contributed by atoms with van der Waals surface area (Å²) in [7, 11) is 0. The number of nitrogens with zero attached hydrogens (tertiary/aromatic N) is 1. The first-order valence-electron chi connectivity index (χ1n) is 5.63. The van der Waals surface area contributed by atoms with Crippen LogP contribution < -0.4 is 5.32 Å². The van der Waals surface area contributed by atoms with Crippen molar-refractivity contribution in [3.8, 4) is 0 Å². The Balaban J connectivity index is 2.38. The minimum atomic E-state index is -4.27. The lowest BCUT2D eigenvalue weighted by atomic mass is 10.1. The van der Waals surface area contributed by atoms with Crippen LogP contribution in [0.5, 0.6) is 0 Å². The summed E-state index contributed by atoms with van der Waals surface area (Å²) in [5.74, 6) is -5.51. The van der Waals surface area contributed by atoms with Gasteiger partial charge in [-0.05, 0) is 12.3 Å². The molecule has 1 heterocycles. The quantitative estimate of drug-likeness (QED) is 0.750. The van der Waals surface area contributed by atoms with Crippen LogP contribution in [-0.4, -0.2) is 54.0 Å². The maximum atomic E-state index is 12.6. The van der Waals surface area contributed by atoms with Gasteiger partial charge < -0.3 is 15.3 Å². The van der Waals surface area contributed by atoms with Crippen molar-refractivity contribution in [2.24, 2.45) is 5.92 Å². The molecule has 2 amide bonds. The molecule has 0 aromatic carbocycles. The molecule has 0 saturated carbocycles. The van der Waals surface area contributed by atoms with E-state index in [0.717, 1.165) is 4.90 Å². The van der Waals surface area contributed by atoms with Crippen molar-refractivity contribution in [3.63, 3.8) is 0 Å². The Morgan fingerprint density at radius 2 is 2.05 bits per heavy atom. The van der Waals surface area contributed by atoms with E-state index in [-0.39, 0.29) is 25.4 Å². The van der Waals surface area contributed by atoms with Crippen LogP contribution in [0, 0.1) is 5.92 Å². The first-order chi connectivity index (χ1) is 8.72. The molecule has 0 aromatic rings. The van der Waals surface area contributed by atoms with Crippen molar-refractivity contribution in [3.05, 3.63) is 0 Å². The van der Waals surface area contributed by atoms with Crippen molar-refractivity contribution < 1.29 is 32.3 Å². The van der Waals surface area contributed by atoms with Gasteiger partial charge in [0.15, 0.2) is 0 Å². The van der Waals surface area contributed by atoms with Crippen molar-refractivity contribution in [2.75, 3.05) is 19.6 Å². The second-order valence-corrected chi connectivity index (χ2v) is 4.42. The Morgan fingerprint density at radius 1 is 1.42 bits per heavy atom. The van der Waals surface area contributed by atoms with Crippen LogP contribution in [0.3, 0.4) is 0 Å². The first kappa shape index (κ1) is 15.5. The van der Waals surface area contributed by atoms with Crippen LogP contribution in [-0.2, 0) is 4.79 Å². The van der Waals surface area contributed by atoms with Crippen LogP contribution in [0.1, 0.15) is 12.8 Å². The number of alkyl halides is 4. The van der Waals surface area contributed by atoms with Gasteiger partial charge in [-0.2, -0.15) is 8.78 Å². The molecule has 1 rings (SSSR count). The summed E-state index contributed by atoms with van der Waals surface area (Å²) in [6, 6.07) is -0.881. The van der Waals surface area contributed by atoms with E-state index in [1.54, 1.807) is 5.32 Å². The molecule has 110 valence electrons. The Morgan fingerprint density at radius 3 is 2.58 bits per heavy atom. The highest BCUT2D eigenvalue weighted by atomic mass is 19.3. The molecule has 0 aromatic heterocycles. The predicted octanol–water partition coefficient (Wildman–Crippen LogP) is 1.39. The number of halogens is 4. The van der Waals surface area contributed by atoms with Gasteiger partial charge in [-0.3, -0.25) is 4.79 Å². The van der Waals surface area contributed by atoms with Gasteiger partial charge in [-0.15, -0.1) is 0 Å². The van der Waals surface area contributed by atoms with Crippen LogP contribution in [0.4, 0.5) is 22.4 Å². The number of amides is 2. The Labute approximate surface area is 106 Å². The minimum Gasteiger partial charge on any atom is -0.481 e. The van der Waals surface area contributed by atoms with Gasteiger partial charge in [0, 0.05) is 19.5 Å². The third kappa shape index (κ3) is 4.56. The normalized spacial score (nSPS) is 19.8. The van der Waals surface area contributed by atoms with Gasteiger partial charge in [0.2, 0.25) is 0 Å². The van der Waals surface area contributed by atoms with E-state index in [4.69, 9.17) is 5.11 Å². The van der Waals surface area contributed by atoms with E-state index in [0.29, 0.717) is 6.42 Å². The molecule has 0 aliphatic carbocycles. The van der Waals surface area contributed by atoms with Crippen LogP contribution in [0.2, 0.25) is 0 Å². The number of carboxylic acid groups (broad SMARTS) is 1. The monoisotopic (exact) mass is 286 g/mol. The van der Waals surface area contributed by atoms with E-state index in [1.807, 2.05) is 0 Å². The van der Waals surface area contributed by atoms with E-state index in [2.05, 4.69) is 0 Å². The highest BCUT2D eigenvalue weighted by Crippen LogP contribution is 2.22. The molecule has 0 bridgehead atoms. The molecule has 1 fully saturated rings. The topological polar surface area (TPSA) is 69.6 Å². The lowest BCUT2D eigenvalue weighted by Crippen LogP contribution is -2.46. The molecule has 0 spiro atoms. The highest BCUT2D eigenvalue weighted by Gasteiger charge is 2.41. The third-order valence-electron chi connectivity index (χ3n) is 2.83. The molecule has 0 radical (unpaired) electrons. The molecule has 1 atom stereocenters. The van der Waals surface area contributed by atoms with Crippen LogP contribution in [0.25, 0.3) is 0 Å². The van der Waals surface area contributed by atoms with E-state index >= 15 is 0 Å². The molecule has 19 heavy (non-hydrogen) atoms. The minimum absolute atomic E-state index is 0.114. The zero-order valence-electron chi connectivity index (χ0n) is 9.91. The lowest BCUT2D eigenvalue weighted by molar-refractivity contribution is -0.138. The Bertz CT molecular complexity index is 352. The average molecular weight is 286 g/mol. The second kappa shape index (κ2) is 6.07. The summed E-state index contributed by atoms with van der Waals surface area (Å²) in [4.78, 5) is 23.0. The van der Waals surface area contributed by atoms with Gasteiger partial charge in [0.1, 0.15) is 0 Å². The standard InChI is InChI=1S/C10H14F4N2O3/c11-8(12)10(13,14)5-15-9(19)16-2-1-6(4-16)3-7(17)18/h6,8H,1-5H2,(H,15,19)(H,17,18). The lowest BCUT2D eigenvalue weighted by Gasteiger charge is -2.20. The summed E-state index contributed by atoms with van der Waals surface area (Å²) < 4.78 is 48.9. The van der Waals surface area contributed by atoms with Gasteiger partial charge in [-0.25, -0.2) is 13.6 Å². The summed E-state index contributed by atoms with van der Waals surface area (Å²) in [5, 5.41) is 10.3. The molecule has 5 nitrogen and oxygen atoms in total. The number of nitrogens with one attached hydrogen (secondary N) is 1. The Hall–Kier alpha value is -1.54. The van der Waals surface area contributed by atoms with E-state index in [1.165, 1.54) is 0 Å². The van der Waals surface area contributed by atoms with Gasteiger partial charge >= 0.3 is 24.3 Å². The van der Waals surface area contributed by atoms with Crippen LogP contribution in [0.15, 0.2) is 0 Å². The molecule has 1 aliphatic rings.